The van der Waals surface area contributed by atoms with Gasteiger partial charge in [-0.1, -0.05) is 17.0 Å². The van der Waals surface area contributed by atoms with Crippen LogP contribution in [-0.4, -0.2) is 57.9 Å². The van der Waals surface area contributed by atoms with Crippen molar-refractivity contribution in [1.82, 2.24) is 44.9 Å². The van der Waals surface area contributed by atoms with E-state index in [1.165, 1.54) is 17.2 Å². The number of aromatic nitrogens is 9. The number of nitrogens with zero attached hydrogens (tertiary/aromatic N) is 8. The maximum absolute atomic E-state index is 12.8. The molecular weight excluding hydrogens is 464 g/mol. The number of H-pyrrole nitrogens is 1. The van der Waals surface area contributed by atoms with Crippen molar-refractivity contribution in [3.63, 3.8) is 0 Å². The Morgan fingerprint density at radius 3 is 2.75 bits per heavy atom. The second-order valence-corrected chi connectivity index (χ2v) is 7.76. The smallest absolute Gasteiger partial charge is 0.278 e. The fraction of sp³-hybridized carbons (Fsp3) is 0.0870. The van der Waals surface area contributed by atoms with Crippen LogP contribution in [0.15, 0.2) is 61.2 Å². The summed E-state index contributed by atoms with van der Waals surface area (Å²) in [7, 11) is 3.41. The van der Waals surface area contributed by atoms with Crippen LogP contribution in [0, 0.1) is 0 Å². The molecule has 6 aromatic rings. The van der Waals surface area contributed by atoms with Crippen LogP contribution in [-0.2, 0) is 7.05 Å². The second-order valence-electron chi connectivity index (χ2n) is 7.76. The van der Waals surface area contributed by atoms with Gasteiger partial charge in [-0.15, -0.1) is 5.10 Å². The van der Waals surface area contributed by atoms with Crippen LogP contribution in [0.25, 0.3) is 33.2 Å². The van der Waals surface area contributed by atoms with Crippen molar-refractivity contribution >= 4 is 33.9 Å². The van der Waals surface area contributed by atoms with Gasteiger partial charge in [0, 0.05) is 24.4 Å². The Kier molecular flexibility index (Phi) is 4.99. The van der Waals surface area contributed by atoms with Crippen LogP contribution >= 0.6 is 0 Å². The molecule has 1 amide bonds. The van der Waals surface area contributed by atoms with E-state index < -0.39 is 5.91 Å². The molecule has 0 atom stereocenters. The number of methoxy groups -OCH3 is 1. The summed E-state index contributed by atoms with van der Waals surface area (Å²) in [4.78, 5) is 35.6. The molecule has 2 N–H and O–H groups in total. The van der Waals surface area contributed by atoms with Crippen LogP contribution in [0.5, 0.6) is 11.6 Å². The summed E-state index contributed by atoms with van der Waals surface area (Å²) in [6, 6.07) is 11.1. The van der Waals surface area contributed by atoms with E-state index in [-0.39, 0.29) is 17.5 Å². The Morgan fingerprint density at radius 1 is 1.08 bits per heavy atom. The van der Waals surface area contributed by atoms with E-state index in [1.807, 2.05) is 49.6 Å². The van der Waals surface area contributed by atoms with Gasteiger partial charge < -0.3 is 14.6 Å². The molecule has 0 unspecified atom stereocenters. The Morgan fingerprint density at radius 2 is 1.97 bits per heavy atom. The summed E-state index contributed by atoms with van der Waals surface area (Å²) in [5, 5.41) is 14.9. The van der Waals surface area contributed by atoms with Gasteiger partial charge in [-0.3, -0.25) is 14.8 Å². The third-order valence-electron chi connectivity index (χ3n) is 5.44. The lowest BCUT2D eigenvalue weighted by atomic mass is 10.1. The molecule has 13 nitrogen and oxygen atoms in total. The maximum atomic E-state index is 12.8. The molecule has 0 radical (unpaired) electrons. The number of fused-ring (bicyclic) bond motifs is 2. The Bertz CT molecular complexity index is 1720. The predicted molar refractivity (Wildman–Crippen MR) is 128 cm³/mol. The molecule has 2 aromatic carbocycles. The number of anilines is 1. The standard InChI is InChI=1S/C23H18N10O3/c1-32-12-13(9-26-32)14-7-8-18(35-2)21-20(14)27-23(28-21)29-22(34)16-10-25-19(11-24-16)36-33-17-6-4-3-5-15(17)30-31-33/h3-12H,1-2H3,(H2,27,28,29,34). The van der Waals surface area contributed by atoms with E-state index in [2.05, 4.69) is 40.7 Å². The molecule has 0 aliphatic heterocycles. The van der Waals surface area contributed by atoms with Gasteiger partial charge in [0.15, 0.2) is 0 Å². The molecule has 0 bridgehead atoms. The number of imidazole rings is 1. The number of hydrogen-bond acceptors (Lipinski definition) is 9. The third-order valence-corrected chi connectivity index (χ3v) is 5.44. The van der Waals surface area contributed by atoms with E-state index in [0.29, 0.717) is 27.8 Å². The highest BCUT2D eigenvalue weighted by molar-refractivity contribution is 6.03. The number of carbonyl (C=O) groups excluding carboxylic acids is 1. The van der Waals surface area contributed by atoms with E-state index in [0.717, 1.165) is 11.1 Å². The molecule has 0 fully saturated rings. The zero-order valence-electron chi connectivity index (χ0n) is 19.1. The first-order chi connectivity index (χ1) is 17.6. The maximum Gasteiger partial charge on any atom is 0.278 e. The van der Waals surface area contributed by atoms with Gasteiger partial charge in [0.1, 0.15) is 33.5 Å². The fourth-order valence-electron chi connectivity index (χ4n) is 3.75. The lowest BCUT2D eigenvalue weighted by Gasteiger charge is -2.04. The van der Waals surface area contributed by atoms with Crippen LogP contribution in [0.3, 0.4) is 0 Å². The largest absolute Gasteiger partial charge is 0.494 e. The van der Waals surface area contributed by atoms with Crippen LogP contribution in [0.2, 0.25) is 0 Å². The zero-order chi connectivity index (χ0) is 24.6. The number of para-hydroxylation sites is 1. The molecule has 13 heteroatoms. The summed E-state index contributed by atoms with van der Waals surface area (Å²) in [5.74, 6) is 0.478. The van der Waals surface area contributed by atoms with Crippen LogP contribution in [0.4, 0.5) is 5.95 Å². The van der Waals surface area contributed by atoms with Gasteiger partial charge in [-0.25, -0.2) is 15.0 Å². The molecule has 36 heavy (non-hydrogen) atoms. The Labute approximate surface area is 202 Å². The van der Waals surface area contributed by atoms with Gasteiger partial charge in [-0.05, 0) is 29.5 Å². The highest BCUT2D eigenvalue weighted by Gasteiger charge is 2.17. The summed E-state index contributed by atoms with van der Waals surface area (Å²) >= 11 is 0. The number of amides is 1. The normalized spacial score (nSPS) is 11.2. The van der Waals surface area contributed by atoms with Gasteiger partial charge in [-0.2, -0.15) is 5.10 Å². The molecule has 0 saturated carbocycles. The molecule has 4 heterocycles. The highest BCUT2D eigenvalue weighted by atomic mass is 16.7. The lowest BCUT2D eigenvalue weighted by Crippen LogP contribution is -2.15. The number of benzene rings is 2. The topological polar surface area (TPSA) is 151 Å². The SMILES string of the molecule is COc1ccc(-c2cnn(C)c2)c2nc(NC(=O)c3cnc(On4nnc5ccccc54)cn3)[nH]c12. The van der Waals surface area contributed by atoms with Crippen molar-refractivity contribution < 1.29 is 14.4 Å². The molecule has 178 valence electrons. The summed E-state index contributed by atoms with van der Waals surface area (Å²) in [6.07, 6.45) is 6.26. The fourth-order valence-corrected chi connectivity index (χ4v) is 3.75. The number of hydrogen-bond donors (Lipinski definition) is 2. The third kappa shape index (κ3) is 3.73. The predicted octanol–water partition coefficient (Wildman–Crippen LogP) is 2.60. The second kappa shape index (κ2) is 8.47. The average molecular weight is 482 g/mol. The van der Waals surface area contributed by atoms with Gasteiger partial charge in [0.2, 0.25) is 5.95 Å². The monoisotopic (exact) mass is 482 g/mol. The van der Waals surface area contributed by atoms with E-state index in [1.54, 1.807) is 18.0 Å². The van der Waals surface area contributed by atoms with Crippen molar-refractivity contribution in [2.75, 3.05) is 12.4 Å². The lowest BCUT2D eigenvalue weighted by molar-refractivity contribution is 0.102. The first-order valence-corrected chi connectivity index (χ1v) is 10.8. The molecule has 0 aliphatic rings. The number of aryl methyl sites for hydroxylation is 1. The molecule has 0 saturated heterocycles. The molecule has 6 rings (SSSR count). The van der Waals surface area contributed by atoms with E-state index in [9.17, 15) is 4.79 Å². The first kappa shape index (κ1) is 21.2. The van der Waals surface area contributed by atoms with Crippen LogP contribution < -0.4 is 14.9 Å². The van der Waals surface area contributed by atoms with Crippen molar-refractivity contribution in [2.24, 2.45) is 7.05 Å². The van der Waals surface area contributed by atoms with Crippen molar-refractivity contribution in [3.05, 3.63) is 66.9 Å². The summed E-state index contributed by atoms with van der Waals surface area (Å²) in [5.41, 5.74) is 4.43. The number of carbonyl (C=O) groups is 1. The summed E-state index contributed by atoms with van der Waals surface area (Å²) < 4.78 is 7.16. The minimum absolute atomic E-state index is 0.0747. The molecule has 4 aromatic heterocycles. The number of rotatable bonds is 6. The Balaban J connectivity index is 1.23. The number of nitrogens with one attached hydrogen (secondary N) is 2. The molecular formula is C23H18N10O3. The van der Waals surface area contributed by atoms with E-state index in [4.69, 9.17) is 9.57 Å². The van der Waals surface area contributed by atoms with Gasteiger partial charge in [0.05, 0.1) is 25.7 Å². The van der Waals surface area contributed by atoms with Crippen molar-refractivity contribution in [3.8, 4) is 22.8 Å². The van der Waals surface area contributed by atoms with Gasteiger partial charge >= 0.3 is 0 Å². The van der Waals surface area contributed by atoms with E-state index >= 15 is 0 Å². The first-order valence-electron chi connectivity index (χ1n) is 10.8. The van der Waals surface area contributed by atoms with Crippen LogP contribution in [0.1, 0.15) is 10.5 Å². The number of ether oxygens (including phenoxy) is 1. The summed E-state index contributed by atoms with van der Waals surface area (Å²) in [6.45, 7) is 0. The molecule has 0 spiro atoms. The number of aromatic amines is 1. The molecule has 0 aliphatic carbocycles. The highest BCUT2D eigenvalue weighted by Crippen LogP contribution is 2.33. The minimum atomic E-state index is -0.499. The van der Waals surface area contributed by atoms with Crippen molar-refractivity contribution in [1.29, 1.82) is 0 Å². The van der Waals surface area contributed by atoms with Crippen molar-refractivity contribution in [2.45, 2.75) is 0 Å². The Hall–Kier alpha value is -5.33. The zero-order valence-corrected chi connectivity index (χ0v) is 19.1. The average Bonchev–Trinajstić information content (AvgIpc) is 3.62. The van der Waals surface area contributed by atoms with Gasteiger partial charge in [0.25, 0.3) is 11.8 Å². The minimum Gasteiger partial charge on any atom is -0.494 e. The quantitative estimate of drug-likeness (QED) is 0.365.